The Labute approximate surface area is 175 Å². The lowest BCUT2D eigenvalue weighted by Gasteiger charge is -2.34. The highest BCUT2D eigenvalue weighted by Gasteiger charge is 2.20. The summed E-state index contributed by atoms with van der Waals surface area (Å²) in [6.07, 6.45) is 0. The first kappa shape index (κ1) is 20.4. The fraction of sp³-hybridized carbons (Fsp3) is 0.350. The van der Waals surface area contributed by atoms with Crippen molar-refractivity contribution >= 4 is 46.4 Å². The van der Waals surface area contributed by atoms with Gasteiger partial charge in [-0.2, -0.15) is 0 Å². The molecule has 4 nitrogen and oxygen atoms in total. The molecule has 7 heteroatoms. The zero-order valence-electron chi connectivity index (χ0n) is 15.1. The predicted molar refractivity (Wildman–Crippen MR) is 113 cm³/mol. The Morgan fingerprint density at radius 2 is 1.59 bits per heavy atom. The predicted octanol–water partition coefficient (Wildman–Crippen LogP) is 4.71. The molecule has 1 aliphatic heterocycles. The molecule has 1 N–H and O–H groups in total. The third-order valence-electron chi connectivity index (χ3n) is 4.71. The first-order valence-electron chi connectivity index (χ1n) is 8.85. The van der Waals surface area contributed by atoms with Crippen molar-refractivity contribution in [3.05, 3.63) is 62.6 Å². The zero-order chi connectivity index (χ0) is 19.4. The monoisotopic (exact) mass is 425 g/mol. The second kappa shape index (κ2) is 9.26. The quantitative estimate of drug-likeness (QED) is 0.752. The molecule has 1 amide bonds. The lowest BCUT2D eigenvalue weighted by Crippen LogP contribution is -2.48. The van der Waals surface area contributed by atoms with Crippen molar-refractivity contribution in [3.63, 3.8) is 0 Å². The van der Waals surface area contributed by atoms with Crippen LogP contribution in [-0.2, 0) is 11.3 Å². The molecule has 2 aromatic rings. The highest BCUT2D eigenvalue weighted by molar-refractivity contribution is 6.35. The second-order valence-electron chi connectivity index (χ2n) is 6.80. The summed E-state index contributed by atoms with van der Waals surface area (Å²) in [6.45, 7) is 6.58. The van der Waals surface area contributed by atoms with Crippen molar-refractivity contribution in [2.45, 2.75) is 13.5 Å². The number of aryl methyl sites for hydroxylation is 1. The van der Waals surface area contributed by atoms with Crippen molar-refractivity contribution in [2.75, 3.05) is 38.0 Å². The molecule has 0 aliphatic carbocycles. The van der Waals surface area contributed by atoms with Gasteiger partial charge in [0.25, 0.3) is 0 Å². The highest BCUT2D eigenvalue weighted by atomic mass is 35.5. The van der Waals surface area contributed by atoms with E-state index in [9.17, 15) is 4.79 Å². The van der Waals surface area contributed by atoms with Gasteiger partial charge in [0.2, 0.25) is 5.91 Å². The van der Waals surface area contributed by atoms with Gasteiger partial charge in [0.15, 0.2) is 0 Å². The standard InChI is InChI=1S/C20H22Cl3N3O/c1-14-2-4-17(22)11-19(14)24-20(27)13-26-8-6-25(7-9-26)12-15-3-5-16(21)10-18(15)23/h2-5,10-11H,6-9,12-13H2,1H3,(H,24,27). The summed E-state index contributed by atoms with van der Waals surface area (Å²) in [4.78, 5) is 16.9. The number of rotatable bonds is 5. The van der Waals surface area contributed by atoms with Gasteiger partial charge in [0.05, 0.1) is 6.54 Å². The van der Waals surface area contributed by atoms with Crippen LogP contribution in [0.2, 0.25) is 15.1 Å². The van der Waals surface area contributed by atoms with E-state index in [1.54, 1.807) is 12.1 Å². The Balaban J connectivity index is 1.47. The molecule has 0 aromatic heterocycles. The van der Waals surface area contributed by atoms with E-state index < -0.39 is 0 Å². The van der Waals surface area contributed by atoms with Gasteiger partial charge in [-0.25, -0.2) is 0 Å². The maximum absolute atomic E-state index is 12.4. The third kappa shape index (κ3) is 5.84. The van der Waals surface area contributed by atoms with Crippen LogP contribution in [0.15, 0.2) is 36.4 Å². The zero-order valence-corrected chi connectivity index (χ0v) is 17.4. The number of nitrogens with one attached hydrogen (secondary N) is 1. The van der Waals surface area contributed by atoms with Gasteiger partial charge < -0.3 is 5.32 Å². The van der Waals surface area contributed by atoms with Gasteiger partial charge in [0.1, 0.15) is 0 Å². The summed E-state index contributed by atoms with van der Waals surface area (Å²) >= 11 is 18.2. The second-order valence-corrected chi connectivity index (χ2v) is 8.08. The third-order valence-corrected chi connectivity index (χ3v) is 5.54. The summed E-state index contributed by atoms with van der Waals surface area (Å²) in [5.74, 6) is -0.0189. The molecule has 27 heavy (non-hydrogen) atoms. The van der Waals surface area contributed by atoms with Gasteiger partial charge in [0, 0.05) is 53.5 Å². The van der Waals surface area contributed by atoms with Crippen LogP contribution in [0.5, 0.6) is 0 Å². The number of hydrogen-bond acceptors (Lipinski definition) is 3. The number of amides is 1. The van der Waals surface area contributed by atoms with Gasteiger partial charge >= 0.3 is 0 Å². The van der Waals surface area contributed by atoms with Crippen molar-refractivity contribution in [2.24, 2.45) is 0 Å². The van der Waals surface area contributed by atoms with Crippen LogP contribution >= 0.6 is 34.8 Å². The van der Waals surface area contributed by atoms with E-state index in [-0.39, 0.29) is 5.91 Å². The van der Waals surface area contributed by atoms with E-state index >= 15 is 0 Å². The normalized spacial score (nSPS) is 15.7. The maximum atomic E-state index is 12.4. The van der Waals surface area contributed by atoms with Crippen LogP contribution in [0.1, 0.15) is 11.1 Å². The average Bonchev–Trinajstić information content (AvgIpc) is 2.62. The molecule has 3 rings (SSSR count). The molecule has 0 bridgehead atoms. The van der Waals surface area contributed by atoms with Crippen LogP contribution in [0.4, 0.5) is 5.69 Å². The summed E-state index contributed by atoms with van der Waals surface area (Å²) in [5.41, 5.74) is 2.84. The van der Waals surface area contributed by atoms with Gasteiger partial charge in [-0.05, 0) is 42.3 Å². The molecule has 1 saturated heterocycles. The topological polar surface area (TPSA) is 35.6 Å². The number of nitrogens with zero attached hydrogens (tertiary/aromatic N) is 2. The lowest BCUT2D eigenvalue weighted by molar-refractivity contribution is -0.117. The Hall–Kier alpha value is -1.30. The Bertz CT molecular complexity index is 820. The van der Waals surface area contributed by atoms with Gasteiger partial charge in [-0.1, -0.05) is 46.9 Å². The molecular weight excluding hydrogens is 405 g/mol. The summed E-state index contributed by atoms with van der Waals surface area (Å²) < 4.78 is 0. The molecule has 1 fully saturated rings. The van der Waals surface area contributed by atoms with E-state index in [1.807, 2.05) is 31.2 Å². The van der Waals surface area contributed by atoms with Gasteiger partial charge in [-0.3, -0.25) is 14.6 Å². The van der Waals surface area contributed by atoms with Crippen molar-refractivity contribution in [1.29, 1.82) is 0 Å². The number of benzene rings is 2. The Morgan fingerprint density at radius 1 is 0.963 bits per heavy atom. The van der Waals surface area contributed by atoms with Crippen molar-refractivity contribution in [3.8, 4) is 0 Å². The molecule has 1 heterocycles. The molecule has 0 saturated carbocycles. The number of anilines is 1. The summed E-state index contributed by atoms with van der Waals surface area (Å²) in [7, 11) is 0. The smallest absolute Gasteiger partial charge is 0.238 e. The Morgan fingerprint density at radius 3 is 2.30 bits per heavy atom. The number of carbonyl (C=O) groups excluding carboxylic acids is 1. The van der Waals surface area contributed by atoms with Gasteiger partial charge in [-0.15, -0.1) is 0 Å². The minimum Gasteiger partial charge on any atom is -0.325 e. The SMILES string of the molecule is Cc1ccc(Cl)cc1NC(=O)CN1CCN(Cc2ccc(Cl)cc2Cl)CC1. The highest BCUT2D eigenvalue weighted by Crippen LogP contribution is 2.23. The van der Waals surface area contributed by atoms with Crippen molar-refractivity contribution in [1.82, 2.24) is 9.80 Å². The van der Waals surface area contributed by atoms with Crippen LogP contribution in [-0.4, -0.2) is 48.4 Å². The molecule has 0 unspecified atom stereocenters. The number of carbonyl (C=O) groups is 1. The summed E-state index contributed by atoms with van der Waals surface area (Å²) in [6, 6.07) is 11.1. The summed E-state index contributed by atoms with van der Waals surface area (Å²) in [5, 5.41) is 4.91. The molecule has 0 atom stereocenters. The largest absolute Gasteiger partial charge is 0.325 e. The van der Waals surface area contributed by atoms with Crippen LogP contribution in [0.25, 0.3) is 0 Å². The lowest BCUT2D eigenvalue weighted by atomic mass is 10.2. The minimum atomic E-state index is -0.0189. The van der Waals surface area contributed by atoms with Crippen LogP contribution in [0, 0.1) is 6.92 Å². The van der Waals surface area contributed by atoms with E-state index in [4.69, 9.17) is 34.8 Å². The number of hydrogen-bond donors (Lipinski definition) is 1. The van der Waals surface area contributed by atoms with E-state index in [0.29, 0.717) is 21.6 Å². The molecular formula is C20H22Cl3N3O. The first-order chi connectivity index (χ1) is 12.9. The molecule has 0 radical (unpaired) electrons. The fourth-order valence-corrected chi connectivity index (χ4v) is 3.76. The maximum Gasteiger partial charge on any atom is 0.238 e. The van der Waals surface area contributed by atoms with Crippen LogP contribution < -0.4 is 5.32 Å². The Kier molecular flexibility index (Phi) is 7.01. The van der Waals surface area contributed by atoms with E-state index in [1.165, 1.54) is 0 Å². The average molecular weight is 427 g/mol. The molecule has 1 aliphatic rings. The van der Waals surface area contributed by atoms with E-state index in [2.05, 4.69) is 15.1 Å². The minimum absolute atomic E-state index is 0.0189. The molecule has 2 aromatic carbocycles. The number of piperazine rings is 1. The number of halogens is 3. The fourth-order valence-electron chi connectivity index (χ4n) is 3.12. The van der Waals surface area contributed by atoms with Crippen LogP contribution in [0.3, 0.4) is 0 Å². The first-order valence-corrected chi connectivity index (χ1v) is 9.99. The molecule has 0 spiro atoms. The van der Waals surface area contributed by atoms with E-state index in [0.717, 1.165) is 49.5 Å². The molecule has 144 valence electrons. The van der Waals surface area contributed by atoms with Crippen molar-refractivity contribution < 1.29 is 4.79 Å².